The van der Waals surface area contributed by atoms with E-state index in [9.17, 15) is 4.79 Å². The van der Waals surface area contributed by atoms with Gasteiger partial charge in [-0.25, -0.2) is 9.97 Å². The van der Waals surface area contributed by atoms with E-state index in [2.05, 4.69) is 32.1 Å². The number of carbonyl (C=O) groups is 1. The molecule has 0 unspecified atom stereocenters. The van der Waals surface area contributed by atoms with Crippen LogP contribution in [-0.4, -0.2) is 94.9 Å². The van der Waals surface area contributed by atoms with E-state index < -0.39 is 0 Å². The molecule has 0 radical (unpaired) electrons. The first-order valence-electron chi connectivity index (χ1n) is 12.0. The number of aromatic amines is 1. The molecular weight excluding hydrogens is 464 g/mol. The number of benzene rings is 1. The third-order valence-electron chi connectivity index (χ3n) is 6.74. The summed E-state index contributed by atoms with van der Waals surface area (Å²) in [6, 6.07) is 8.31. The van der Waals surface area contributed by atoms with E-state index in [1.54, 1.807) is 11.3 Å². The van der Waals surface area contributed by atoms with Crippen molar-refractivity contribution in [3.63, 3.8) is 0 Å². The van der Waals surface area contributed by atoms with Crippen molar-refractivity contribution in [2.75, 3.05) is 63.9 Å². The van der Waals surface area contributed by atoms with Gasteiger partial charge in [0.2, 0.25) is 5.91 Å². The van der Waals surface area contributed by atoms with Gasteiger partial charge >= 0.3 is 0 Å². The molecule has 6 rings (SSSR count). The number of rotatable bonds is 5. The van der Waals surface area contributed by atoms with E-state index in [1.165, 1.54) is 4.88 Å². The molecule has 1 amide bonds. The second-order valence-corrected chi connectivity index (χ2v) is 10.0. The standard InChI is InChI=1S/C24H28N8O2S/c25-13-21(33)31-6-4-30(5-7-31)15-16-12-18-23(32-8-10-34-11-9-32)27-22(28-24(18)35-16)17-2-1-3-20-19(17)14-26-29-20/h1-3,12,14H,4-11,13,15,25H2,(H,26,29). The number of anilines is 1. The van der Waals surface area contributed by atoms with Crippen molar-refractivity contribution in [3.05, 3.63) is 35.3 Å². The minimum absolute atomic E-state index is 0.0251. The Kier molecular flexibility index (Phi) is 6.06. The Morgan fingerprint density at radius 2 is 1.91 bits per heavy atom. The highest BCUT2D eigenvalue weighted by atomic mass is 32.1. The van der Waals surface area contributed by atoms with E-state index in [1.807, 2.05) is 23.2 Å². The first kappa shape index (κ1) is 22.4. The second-order valence-electron chi connectivity index (χ2n) is 8.90. The molecule has 3 N–H and O–H groups in total. The van der Waals surface area contributed by atoms with Crippen LogP contribution in [0, 0.1) is 0 Å². The summed E-state index contributed by atoms with van der Waals surface area (Å²) in [4.78, 5) is 30.8. The summed E-state index contributed by atoms with van der Waals surface area (Å²) < 4.78 is 5.60. The summed E-state index contributed by atoms with van der Waals surface area (Å²) in [7, 11) is 0. The van der Waals surface area contributed by atoms with Crippen LogP contribution in [-0.2, 0) is 16.1 Å². The molecule has 4 aromatic rings. The molecule has 182 valence electrons. The monoisotopic (exact) mass is 492 g/mol. The second kappa shape index (κ2) is 9.50. The van der Waals surface area contributed by atoms with Gasteiger partial charge in [0.05, 0.1) is 36.9 Å². The Hall–Kier alpha value is -3.12. The summed E-state index contributed by atoms with van der Waals surface area (Å²) in [5, 5.41) is 9.36. The van der Waals surface area contributed by atoms with Crippen LogP contribution in [0.5, 0.6) is 0 Å². The number of nitrogens with one attached hydrogen (secondary N) is 1. The van der Waals surface area contributed by atoms with E-state index in [4.69, 9.17) is 20.4 Å². The number of amides is 1. The van der Waals surface area contributed by atoms with Gasteiger partial charge in [-0.15, -0.1) is 11.3 Å². The Morgan fingerprint density at radius 3 is 2.71 bits per heavy atom. The molecule has 2 fully saturated rings. The largest absolute Gasteiger partial charge is 0.378 e. The van der Waals surface area contributed by atoms with Crippen molar-refractivity contribution in [1.29, 1.82) is 0 Å². The van der Waals surface area contributed by atoms with Gasteiger partial charge < -0.3 is 20.3 Å². The molecule has 2 aliphatic rings. The van der Waals surface area contributed by atoms with Crippen molar-refractivity contribution < 1.29 is 9.53 Å². The molecule has 0 aliphatic carbocycles. The predicted octanol–water partition coefficient (Wildman–Crippen LogP) is 1.67. The first-order chi connectivity index (χ1) is 17.2. The zero-order valence-corrected chi connectivity index (χ0v) is 20.3. The van der Waals surface area contributed by atoms with Crippen molar-refractivity contribution >= 4 is 44.2 Å². The van der Waals surface area contributed by atoms with E-state index in [0.717, 1.165) is 78.3 Å². The number of hydrogen-bond donors (Lipinski definition) is 2. The topological polar surface area (TPSA) is 116 Å². The van der Waals surface area contributed by atoms with E-state index in [0.29, 0.717) is 19.0 Å². The predicted molar refractivity (Wildman–Crippen MR) is 136 cm³/mol. The van der Waals surface area contributed by atoms with Gasteiger partial charge in [0.1, 0.15) is 10.6 Å². The molecule has 0 bridgehead atoms. The van der Waals surface area contributed by atoms with Crippen LogP contribution in [0.15, 0.2) is 30.5 Å². The number of piperazine rings is 1. The number of morpholine rings is 1. The molecule has 0 saturated carbocycles. The maximum atomic E-state index is 11.9. The maximum absolute atomic E-state index is 11.9. The fourth-order valence-corrected chi connectivity index (χ4v) is 5.90. The van der Waals surface area contributed by atoms with Crippen LogP contribution in [0.2, 0.25) is 0 Å². The average Bonchev–Trinajstić information content (AvgIpc) is 3.55. The number of carbonyl (C=O) groups excluding carboxylic acids is 1. The maximum Gasteiger partial charge on any atom is 0.236 e. The van der Waals surface area contributed by atoms with Gasteiger partial charge in [0.15, 0.2) is 5.82 Å². The number of thiophene rings is 1. The zero-order valence-electron chi connectivity index (χ0n) is 19.4. The van der Waals surface area contributed by atoms with E-state index >= 15 is 0 Å². The highest BCUT2D eigenvalue weighted by Crippen LogP contribution is 2.35. The van der Waals surface area contributed by atoms with Crippen LogP contribution in [0.3, 0.4) is 0 Å². The molecular formula is C24H28N8O2S. The highest BCUT2D eigenvalue weighted by molar-refractivity contribution is 7.18. The average molecular weight is 493 g/mol. The quantitative estimate of drug-likeness (QED) is 0.432. The Morgan fingerprint density at radius 1 is 1.09 bits per heavy atom. The van der Waals surface area contributed by atoms with E-state index in [-0.39, 0.29) is 12.5 Å². The summed E-state index contributed by atoms with van der Waals surface area (Å²) in [5.74, 6) is 1.71. The zero-order chi connectivity index (χ0) is 23.8. The smallest absolute Gasteiger partial charge is 0.236 e. The molecule has 1 aromatic carbocycles. The molecule has 5 heterocycles. The molecule has 2 aliphatic heterocycles. The molecule has 0 atom stereocenters. The third-order valence-corrected chi connectivity index (χ3v) is 7.75. The third kappa shape index (κ3) is 4.36. The van der Waals surface area contributed by atoms with Crippen LogP contribution in [0.4, 0.5) is 5.82 Å². The number of ether oxygens (including phenoxy) is 1. The Bertz CT molecular complexity index is 1350. The highest BCUT2D eigenvalue weighted by Gasteiger charge is 2.23. The molecule has 2 saturated heterocycles. The molecule has 0 spiro atoms. The van der Waals surface area contributed by atoms with Crippen LogP contribution >= 0.6 is 11.3 Å². The SMILES string of the molecule is NCC(=O)N1CCN(Cc2cc3c(N4CCOCC4)nc(-c4cccc5[nH]ncc45)nc3s2)CC1. The van der Waals surface area contributed by atoms with Gasteiger partial charge in [-0.1, -0.05) is 12.1 Å². The van der Waals surface area contributed by atoms with Gasteiger partial charge in [0.25, 0.3) is 0 Å². The summed E-state index contributed by atoms with van der Waals surface area (Å²) in [6.45, 7) is 7.05. The lowest BCUT2D eigenvalue weighted by Crippen LogP contribution is -2.49. The Labute approximate surface area is 206 Å². The fraction of sp³-hybridized carbons (Fsp3) is 0.417. The summed E-state index contributed by atoms with van der Waals surface area (Å²) in [5.41, 5.74) is 7.47. The number of hydrogen-bond acceptors (Lipinski definition) is 9. The van der Waals surface area contributed by atoms with Crippen LogP contribution < -0.4 is 10.6 Å². The number of nitrogens with two attached hydrogens (primary N) is 1. The van der Waals surface area contributed by atoms with Gasteiger partial charge in [0, 0.05) is 61.6 Å². The number of fused-ring (bicyclic) bond motifs is 2. The molecule has 35 heavy (non-hydrogen) atoms. The molecule has 11 heteroatoms. The van der Waals surface area contributed by atoms with Crippen molar-refractivity contribution in [2.24, 2.45) is 5.73 Å². The van der Waals surface area contributed by atoms with Crippen LogP contribution in [0.25, 0.3) is 32.5 Å². The number of aromatic nitrogens is 4. The summed E-state index contributed by atoms with van der Waals surface area (Å²) >= 11 is 1.72. The molecule has 3 aromatic heterocycles. The lowest BCUT2D eigenvalue weighted by atomic mass is 10.1. The van der Waals surface area contributed by atoms with Gasteiger partial charge in [-0.3, -0.25) is 14.8 Å². The number of H-pyrrole nitrogens is 1. The van der Waals surface area contributed by atoms with Crippen molar-refractivity contribution in [2.45, 2.75) is 6.54 Å². The lowest BCUT2D eigenvalue weighted by molar-refractivity contribution is -0.131. The minimum Gasteiger partial charge on any atom is -0.378 e. The lowest BCUT2D eigenvalue weighted by Gasteiger charge is -2.34. The fourth-order valence-electron chi connectivity index (χ4n) is 4.84. The van der Waals surface area contributed by atoms with Crippen LogP contribution in [0.1, 0.15) is 4.88 Å². The normalized spacial score (nSPS) is 17.5. The van der Waals surface area contributed by atoms with Crippen molar-refractivity contribution in [3.8, 4) is 11.4 Å². The van der Waals surface area contributed by atoms with Crippen molar-refractivity contribution in [1.82, 2.24) is 30.0 Å². The molecule has 10 nitrogen and oxygen atoms in total. The first-order valence-corrected chi connectivity index (χ1v) is 12.8. The minimum atomic E-state index is 0.0251. The number of nitrogens with zero attached hydrogens (tertiary/aromatic N) is 6. The van der Waals surface area contributed by atoms with Gasteiger partial charge in [-0.05, 0) is 12.1 Å². The van der Waals surface area contributed by atoms with Gasteiger partial charge in [-0.2, -0.15) is 5.10 Å². The summed E-state index contributed by atoms with van der Waals surface area (Å²) in [6.07, 6.45) is 1.83. The Balaban J connectivity index is 1.34.